The molecule has 2 heterocycles. The monoisotopic (exact) mass is 790 g/mol. The van der Waals surface area contributed by atoms with Crippen LogP contribution < -0.4 is 0 Å². The topological polar surface area (TPSA) is 104 Å². The quantitative estimate of drug-likeness (QED) is 0.187. The van der Waals surface area contributed by atoms with Gasteiger partial charge in [0.05, 0.1) is 17.1 Å². The lowest BCUT2D eigenvalue weighted by atomic mass is 9.88. The van der Waals surface area contributed by atoms with Gasteiger partial charge in [-0.1, -0.05) is 36.4 Å². The second-order valence-electron chi connectivity index (χ2n) is 14.1. The van der Waals surface area contributed by atoms with E-state index in [9.17, 15) is 58.2 Å². The minimum atomic E-state index is -6.20. The largest absolute Gasteiger partial charge is 0.430 e. The highest BCUT2D eigenvalue weighted by Crippen LogP contribution is 2.54. The molecule has 294 valence electrons. The highest BCUT2D eigenvalue weighted by molar-refractivity contribution is 7.92. The molecular weight excluding hydrogens is 752 g/mol. The van der Waals surface area contributed by atoms with Crippen LogP contribution in [-0.2, 0) is 46.7 Å². The summed E-state index contributed by atoms with van der Waals surface area (Å²) in [6.07, 6.45) is -12.1. The minimum absolute atomic E-state index is 0.141. The van der Waals surface area contributed by atoms with E-state index in [2.05, 4.69) is 0 Å². The molecule has 2 aliphatic heterocycles. The molecule has 2 aliphatic rings. The molecule has 0 aromatic heterocycles. The van der Waals surface area contributed by atoms with Gasteiger partial charge in [0.2, 0.25) is 11.8 Å². The van der Waals surface area contributed by atoms with Crippen molar-refractivity contribution in [3.8, 4) is 0 Å². The molecule has 3 aromatic carbocycles. The Hall–Kier alpha value is -4.09. The van der Waals surface area contributed by atoms with Crippen molar-refractivity contribution in [2.75, 3.05) is 26.2 Å². The van der Waals surface area contributed by atoms with Crippen molar-refractivity contribution in [1.82, 2.24) is 9.80 Å². The fourth-order valence-corrected chi connectivity index (χ4v) is 9.40. The van der Waals surface area contributed by atoms with Gasteiger partial charge in [0.1, 0.15) is 16.4 Å². The van der Waals surface area contributed by atoms with Gasteiger partial charge < -0.3 is 19.6 Å². The van der Waals surface area contributed by atoms with E-state index in [1.807, 2.05) is 0 Å². The van der Waals surface area contributed by atoms with Crippen molar-refractivity contribution in [3.63, 3.8) is 0 Å². The average molecular weight is 791 g/mol. The predicted octanol–water partition coefficient (Wildman–Crippen LogP) is 6.89. The van der Waals surface area contributed by atoms with E-state index in [4.69, 9.17) is 4.74 Å². The van der Waals surface area contributed by atoms with E-state index in [0.29, 0.717) is 25.0 Å². The van der Waals surface area contributed by atoms with Gasteiger partial charge in [-0.25, -0.2) is 17.2 Å². The molecule has 2 fully saturated rings. The van der Waals surface area contributed by atoms with Crippen LogP contribution in [0.2, 0.25) is 0 Å². The lowest BCUT2D eigenvalue weighted by Crippen LogP contribution is -2.56. The second-order valence-corrected chi connectivity index (χ2v) is 16.4. The number of rotatable bonds is 9. The van der Waals surface area contributed by atoms with E-state index in [1.54, 1.807) is 4.90 Å². The van der Waals surface area contributed by atoms with Crippen molar-refractivity contribution in [3.05, 3.63) is 101 Å². The van der Waals surface area contributed by atoms with Crippen LogP contribution in [0.15, 0.2) is 71.6 Å². The molecule has 54 heavy (non-hydrogen) atoms. The maximum absolute atomic E-state index is 14.9. The standard InChI is InChI=1S/C37H38F8N2O6S/c1-23(48)46-18-15-24(16-19-46)32(49)47-20-17-34(22-47,54(51,52)28-13-11-27(38)12-14-28)25-7-9-26(10-8-25)35(36(40,41)42,37(43,44)45)53-21-29-30(33(2,3)50)5-4-6-31(29)39/h4-14,24,50H,15-22H2,1-3H3. The molecule has 0 bridgehead atoms. The van der Waals surface area contributed by atoms with Gasteiger partial charge in [-0.2, -0.15) is 26.3 Å². The number of sulfone groups is 1. The molecule has 5 rings (SSSR count). The summed E-state index contributed by atoms with van der Waals surface area (Å²) < 4.78 is 149. The Labute approximate surface area is 306 Å². The number of carbonyl (C=O) groups excluding carboxylic acids is 2. The molecular formula is C37H38F8N2O6S. The molecule has 0 spiro atoms. The van der Waals surface area contributed by atoms with Crippen LogP contribution in [0.25, 0.3) is 0 Å². The molecule has 0 radical (unpaired) electrons. The SMILES string of the molecule is CC(=O)N1CCC(C(=O)N2CCC(c3ccc(C(OCc4c(F)cccc4C(C)(C)O)(C(F)(F)F)C(F)(F)F)cc3)(S(=O)(=O)c3ccc(F)cc3)C2)CC1. The first kappa shape index (κ1) is 41.1. The molecule has 0 aliphatic carbocycles. The first-order valence-corrected chi connectivity index (χ1v) is 18.4. The molecule has 8 nitrogen and oxygen atoms in total. The molecule has 1 unspecified atom stereocenters. The summed E-state index contributed by atoms with van der Waals surface area (Å²) in [5.41, 5.74) is -9.72. The van der Waals surface area contributed by atoms with E-state index < -0.39 is 90.8 Å². The highest BCUT2D eigenvalue weighted by atomic mass is 32.2. The Morgan fingerprint density at radius 2 is 1.43 bits per heavy atom. The maximum Gasteiger partial charge on any atom is 0.430 e. The number of amides is 2. The Bertz CT molecular complexity index is 1960. The fourth-order valence-electron chi connectivity index (χ4n) is 7.32. The van der Waals surface area contributed by atoms with Crippen molar-refractivity contribution >= 4 is 21.7 Å². The average Bonchev–Trinajstić information content (AvgIpc) is 3.55. The third-order valence-corrected chi connectivity index (χ3v) is 12.8. The molecule has 2 saturated heterocycles. The van der Waals surface area contributed by atoms with Crippen molar-refractivity contribution in [2.24, 2.45) is 5.92 Å². The first-order valence-electron chi connectivity index (χ1n) is 16.9. The van der Waals surface area contributed by atoms with Crippen LogP contribution in [0.4, 0.5) is 35.1 Å². The van der Waals surface area contributed by atoms with Crippen molar-refractivity contribution < 1.29 is 63.0 Å². The van der Waals surface area contributed by atoms with Crippen molar-refractivity contribution in [1.29, 1.82) is 0 Å². The smallest absolute Gasteiger partial charge is 0.386 e. The van der Waals surface area contributed by atoms with Crippen LogP contribution >= 0.6 is 0 Å². The van der Waals surface area contributed by atoms with Crippen molar-refractivity contribution in [2.45, 2.75) is 79.8 Å². The van der Waals surface area contributed by atoms with Crippen LogP contribution in [-0.4, -0.2) is 73.7 Å². The summed E-state index contributed by atoms with van der Waals surface area (Å²) in [4.78, 5) is 27.9. The van der Waals surface area contributed by atoms with E-state index in [-0.39, 0.29) is 43.1 Å². The number of halogens is 8. The fraction of sp³-hybridized carbons (Fsp3) is 0.459. The van der Waals surface area contributed by atoms with Gasteiger partial charge in [0.25, 0.3) is 5.60 Å². The number of aliphatic hydroxyl groups is 1. The number of ether oxygens (including phenoxy) is 1. The van der Waals surface area contributed by atoms with Gasteiger partial charge in [-0.15, -0.1) is 0 Å². The number of likely N-dealkylation sites (tertiary alicyclic amines) is 2. The number of benzene rings is 3. The number of alkyl halides is 6. The van der Waals surface area contributed by atoms with E-state index >= 15 is 0 Å². The number of nitrogens with zero attached hydrogens (tertiary/aromatic N) is 2. The summed E-state index contributed by atoms with van der Waals surface area (Å²) in [5.74, 6) is -3.17. The minimum Gasteiger partial charge on any atom is -0.386 e. The Kier molecular flexibility index (Phi) is 11.1. The number of carbonyl (C=O) groups is 2. The molecule has 0 saturated carbocycles. The summed E-state index contributed by atoms with van der Waals surface area (Å²) in [5, 5.41) is 10.5. The summed E-state index contributed by atoms with van der Waals surface area (Å²) in [7, 11) is -4.62. The van der Waals surface area contributed by atoms with Gasteiger partial charge in [0.15, 0.2) is 9.84 Å². The zero-order chi connectivity index (χ0) is 40.1. The summed E-state index contributed by atoms with van der Waals surface area (Å²) >= 11 is 0. The zero-order valence-electron chi connectivity index (χ0n) is 29.4. The molecule has 17 heteroatoms. The Morgan fingerprint density at radius 1 is 0.852 bits per heavy atom. The number of hydrogen-bond acceptors (Lipinski definition) is 6. The van der Waals surface area contributed by atoms with E-state index in [0.717, 1.165) is 68.4 Å². The second kappa shape index (κ2) is 14.5. The van der Waals surface area contributed by atoms with Crippen LogP contribution in [0.5, 0.6) is 0 Å². The molecule has 1 atom stereocenters. The Morgan fingerprint density at radius 3 is 1.94 bits per heavy atom. The zero-order valence-corrected chi connectivity index (χ0v) is 30.2. The highest BCUT2D eigenvalue weighted by Gasteiger charge is 2.73. The van der Waals surface area contributed by atoms with Gasteiger partial charge in [0, 0.05) is 50.1 Å². The van der Waals surface area contributed by atoms with Crippen LogP contribution in [0, 0.1) is 17.6 Å². The van der Waals surface area contributed by atoms with Gasteiger partial charge >= 0.3 is 12.4 Å². The molecule has 1 N–H and O–H groups in total. The van der Waals surface area contributed by atoms with Crippen LogP contribution in [0.3, 0.4) is 0 Å². The molecule has 2 amide bonds. The normalized spacial score (nSPS) is 19.3. The summed E-state index contributed by atoms with van der Waals surface area (Å²) in [6.45, 7) is 2.06. The number of piperidine rings is 1. The van der Waals surface area contributed by atoms with E-state index in [1.165, 1.54) is 11.8 Å². The third kappa shape index (κ3) is 7.33. The van der Waals surface area contributed by atoms with Gasteiger partial charge in [-0.3, -0.25) is 9.59 Å². The lowest BCUT2D eigenvalue weighted by molar-refractivity contribution is -0.392. The molecule has 3 aromatic rings. The first-order chi connectivity index (χ1) is 25.0. The number of hydrogen-bond donors (Lipinski definition) is 1. The maximum atomic E-state index is 14.9. The predicted molar refractivity (Wildman–Crippen MR) is 178 cm³/mol. The van der Waals surface area contributed by atoms with Gasteiger partial charge in [-0.05, 0) is 74.6 Å². The van der Waals surface area contributed by atoms with Crippen LogP contribution in [0.1, 0.15) is 62.3 Å². The lowest BCUT2D eigenvalue weighted by Gasteiger charge is -2.38. The third-order valence-electron chi connectivity index (χ3n) is 10.3. The Balaban J connectivity index is 1.58. The summed E-state index contributed by atoms with van der Waals surface area (Å²) in [6, 6.07) is 9.17.